The van der Waals surface area contributed by atoms with Gasteiger partial charge in [0.05, 0.1) is 5.56 Å². The summed E-state index contributed by atoms with van der Waals surface area (Å²) in [4.78, 5) is 16.0. The lowest BCUT2D eigenvalue weighted by Crippen LogP contribution is -2.37. The molecule has 1 heterocycles. The number of halogens is 1. The maximum absolute atomic E-state index is 12.0. The van der Waals surface area contributed by atoms with Crippen molar-refractivity contribution in [1.82, 2.24) is 10.3 Å². The van der Waals surface area contributed by atoms with Gasteiger partial charge in [-0.2, -0.15) is 0 Å². The van der Waals surface area contributed by atoms with E-state index in [1.54, 1.807) is 18.3 Å². The SMILES string of the molecule is CC(C)C(C)(C)CNC(=O)c1cccnc1Br. The van der Waals surface area contributed by atoms with E-state index in [9.17, 15) is 4.79 Å². The Bertz CT molecular complexity index is 402. The van der Waals surface area contributed by atoms with Crippen LogP contribution in [0.15, 0.2) is 22.9 Å². The third-order valence-corrected chi connectivity index (χ3v) is 3.90. The zero-order valence-corrected chi connectivity index (χ0v) is 12.3. The van der Waals surface area contributed by atoms with Gasteiger partial charge in [0, 0.05) is 12.7 Å². The smallest absolute Gasteiger partial charge is 0.254 e. The second-order valence-electron chi connectivity index (χ2n) is 5.17. The van der Waals surface area contributed by atoms with Gasteiger partial charge < -0.3 is 5.32 Å². The average molecular weight is 299 g/mol. The molecule has 0 saturated carbocycles. The Hall–Kier alpha value is -0.900. The van der Waals surface area contributed by atoms with Crippen molar-refractivity contribution >= 4 is 21.8 Å². The lowest BCUT2D eigenvalue weighted by molar-refractivity contribution is 0.0923. The molecule has 4 heteroatoms. The third-order valence-electron chi connectivity index (χ3n) is 3.27. The Labute approximate surface area is 111 Å². The summed E-state index contributed by atoms with van der Waals surface area (Å²) in [5.41, 5.74) is 0.664. The molecule has 0 aliphatic carbocycles. The number of hydrogen-bond acceptors (Lipinski definition) is 2. The Morgan fingerprint density at radius 1 is 1.53 bits per heavy atom. The minimum Gasteiger partial charge on any atom is -0.351 e. The van der Waals surface area contributed by atoms with Gasteiger partial charge in [0.25, 0.3) is 5.91 Å². The lowest BCUT2D eigenvalue weighted by Gasteiger charge is -2.29. The van der Waals surface area contributed by atoms with Crippen LogP contribution in [0.5, 0.6) is 0 Å². The number of pyridine rings is 1. The molecule has 0 aliphatic rings. The van der Waals surface area contributed by atoms with Crippen LogP contribution in [0.2, 0.25) is 0 Å². The van der Waals surface area contributed by atoms with Gasteiger partial charge in [-0.15, -0.1) is 0 Å². The summed E-state index contributed by atoms with van der Waals surface area (Å²) in [6.45, 7) is 9.27. The molecule has 17 heavy (non-hydrogen) atoms. The molecule has 3 nitrogen and oxygen atoms in total. The van der Waals surface area contributed by atoms with E-state index in [0.717, 1.165) is 0 Å². The van der Waals surface area contributed by atoms with Crippen LogP contribution in [-0.2, 0) is 0 Å². The van der Waals surface area contributed by atoms with Crippen molar-refractivity contribution < 1.29 is 4.79 Å². The van der Waals surface area contributed by atoms with Crippen molar-refractivity contribution in [3.63, 3.8) is 0 Å². The van der Waals surface area contributed by atoms with Crippen LogP contribution in [0.1, 0.15) is 38.1 Å². The quantitative estimate of drug-likeness (QED) is 0.867. The van der Waals surface area contributed by atoms with Crippen molar-refractivity contribution in [3.8, 4) is 0 Å². The highest BCUT2D eigenvalue weighted by Crippen LogP contribution is 2.25. The van der Waals surface area contributed by atoms with Gasteiger partial charge in [-0.1, -0.05) is 27.7 Å². The fourth-order valence-electron chi connectivity index (χ4n) is 1.16. The first-order valence-electron chi connectivity index (χ1n) is 5.73. The van der Waals surface area contributed by atoms with Crippen LogP contribution in [-0.4, -0.2) is 17.4 Å². The molecule has 0 radical (unpaired) electrons. The molecule has 0 unspecified atom stereocenters. The van der Waals surface area contributed by atoms with Crippen molar-refractivity contribution in [2.45, 2.75) is 27.7 Å². The van der Waals surface area contributed by atoms with Gasteiger partial charge in [-0.25, -0.2) is 4.98 Å². The number of aromatic nitrogens is 1. The summed E-state index contributed by atoms with van der Waals surface area (Å²) in [5.74, 6) is 0.429. The average Bonchev–Trinajstić information content (AvgIpc) is 2.26. The topological polar surface area (TPSA) is 42.0 Å². The summed E-state index contributed by atoms with van der Waals surface area (Å²) < 4.78 is 0.583. The van der Waals surface area contributed by atoms with E-state index in [2.05, 4.69) is 53.9 Å². The molecule has 0 aliphatic heterocycles. The van der Waals surface area contributed by atoms with Crippen molar-refractivity contribution in [2.24, 2.45) is 11.3 Å². The molecule has 0 spiro atoms. The molecular formula is C13H19BrN2O. The maximum Gasteiger partial charge on any atom is 0.254 e. The molecule has 1 N–H and O–H groups in total. The summed E-state index contributed by atoms with van der Waals surface area (Å²) in [5, 5.41) is 2.95. The molecule has 1 aromatic rings. The monoisotopic (exact) mass is 298 g/mol. The second-order valence-corrected chi connectivity index (χ2v) is 5.92. The van der Waals surface area contributed by atoms with Gasteiger partial charge in [0.15, 0.2) is 0 Å². The maximum atomic E-state index is 12.0. The summed E-state index contributed by atoms with van der Waals surface area (Å²) in [7, 11) is 0. The van der Waals surface area contributed by atoms with Gasteiger partial charge in [0.2, 0.25) is 0 Å². The molecule has 0 saturated heterocycles. The zero-order valence-electron chi connectivity index (χ0n) is 10.7. The van der Waals surface area contributed by atoms with Crippen LogP contribution < -0.4 is 5.32 Å². The summed E-state index contributed by atoms with van der Waals surface area (Å²) in [6.07, 6.45) is 1.65. The van der Waals surface area contributed by atoms with E-state index in [1.807, 2.05) is 0 Å². The first-order chi connectivity index (χ1) is 7.84. The van der Waals surface area contributed by atoms with Crippen LogP contribution in [0, 0.1) is 11.3 Å². The number of carbonyl (C=O) groups excluding carboxylic acids is 1. The Balaban J connectivity index is 2.66. The van der Waals surface area contributed by atoms with Gasteiger partial charge in [-0.05, 0) is 39.4 Å². The van der Waals surface area contributed by atoms with E-state index in [0.29, 0.717) is 22.6 Å². The highest BCUT2D eigenvalue weighted by atomic mass is 79.9. The molecule has 1 rings (SSSR count). The highest BCUT2D eigenvalue weighted by Gasteiger charge is 2.23. The van der Waals surface area contributed by atoms with Gasteiger partial charge in [-0.3, -0.25) is 4.79 Å². The molecule has 1 aromatic heterocycles. The molecule has 0 atom stereocenters. The predicted octanol–water partition coefficient (Wildman–Crippen LogP) is 3.26. The number of nitrogens with one attached hydrogen (secondary N) is 1. The van der Waals surface area contributed by atoms with Crippen molar-refractivity contribution in [2.75, 3.05) is 6.54 Å². The van der Waals surface area contributed by atoms with Crippen LogP contribution in [0.4, 0.5) is 0 Å². The van der Waals surface area contributed by atoms with Gasteiger partial charge >= 0.3 is 0 Å². The molecular weight excluding hydrogens is 280 g/mol. The van der Waals surface area contributed by atoms with Crippen molar-refractivity contribution in [1.29, 1.82) is 0 Å². The lowest BCUT2D eigenvalue weighted by atomic mass is 9.81. The predicted molar refractivity (Wildman–Crippen MR) is 72.9 cm³/mol. The summed E-state index contributed by atoms with van der Waals surface area (Å²) >= 11 is 3.27. The minimum absolute atomic E-state index is 0.0845. The third kappa shape index (κ3) is 3.80. The first-order valence-corrected chi connectivity index (χ1v) is 6.52. The largest absolute Gasteiger partial charge is 0.351 e. The van der Waals surface area contributed by atoms with Crippen LogP contribution >= 0.6 is 15.9 Å². The first kappa shape index (κ1) is 14.2. The number of nitrogens with zero attached hydrogens (tertiary/aromatic N) is 1. The molecule has 0 bridgehead atoms. The minimum atomic E-state index is -0.0845. The number of amides is 1. The number of carbonyl (C=O) groups is 1. The van der Waals surface area contributed by atoms with E-state index in [-0.39, 0.29) is 11.3 Å². The highest BCUT2D eigenvalue weighted by molar-refractivity contribution is 9.10. The fraction of sp³-hybridized carbons (Fsp3) is 0.538. The second kappa shape index (κ2) is 5.63. The molecule has 0 fully saturated rings. The number of rotatable bonds is 4. The van der Waals surface area contributed by atoms with E-state index < -0.39 is 0 Å². The fourth-order valence-corrected chi connectivity index (χ4v) is 1.59. The number of hydrogen-bond donors (Lipinski definition) is 1. The molecule has 1 amide bonds. The molecule has 0 aromatic carbocycles. The summed E-state index contributed by atoms with van der Waals surface area (Å²) in [6, 6.07) is 3.52. The molecule has 94 valence electrons. The van der Waals surface area contributed by atoms with Gasteiger partial charge in [0.1, 0.15) is 4.60 Å². The van der Waals surface area contributed by atoms with Crippen LogP contribution in [0.25, 0.3) is 0 Å². The Kier molecular flexibility index (Phi) is 4.69. The normalized spacial score (nSPS) is 11.6. The van der Waals surface area contributed by atoms with E-state index >= 15 is 0 Å². The zero-order chi connectivity index (χ0) is 13.1. The Morgan fingerprint density at radius 2 is 2.18 bits per heavy atom. The van der Waals surface area contributed by atoms with Crippen molar-refractivity contribution in [3.05, 3.63) is 28.5 Å². The van der Waals surface area contributed by atoms with Crippen LogP contribution in [0.3, 0.4) is 0 Å². The Morgan fingerprint density at radius 3 is 2.71 bits per heavy atom. The van der Waals surface area contributed by atoms with E-state index in [1.165, 1.54) is 0 Å². The standard InChI is InChI=1S/C13H19BrN2O/c1-9(2)13(3,4)8-16-12(17)10-6-5-7-15-11(10)14/h5-7,9H,8H2,1-4H3,(H,16,17). The van der Waals surface area contributed by atoms with E-state index in [4.69, 9.17) is 0 Å².